The topological polar surface area (TPSA) is 89.4 Å². The largest absolute Gasteiger partial charge is 0.369 e. The summed E-state index contributed by atoms with van der Waals surface area (Å²) in [5.74, 6) is -0.483. The maximum Gasteiger partial charge on any atom is 0.246 e. The lowest BCUT2D eigenvalue weighted by atomic mass is 9.84. The van der Waals surface area contributed by atoms with Crippen LogP contribution in [0.3, 0.4) is 0 Å². The van der Waals surface area contributed by atoms with Crippen LogP contribution in [0, 0.1) is 5.41 Å². The van der Waals surface area contributed by atoms with Crippen molar-refractivity contribution in [2.45, 2.75) is 38.1 Å². The second-order valence-electron chi connectivity index (χ2n) is 6.36. The molecule has 0 bridgehead atoms. The fourth-order valence-electron chi connectivity index (χ4n) is 3.20. The molecule has 2 rings (SSSR count). The molecule has 5 nitrogen and oxygen atoms in total. The van der Waals surface area contributed by atoms with Crippen molar-refractivity contribution in [3.63, 3.8) is 0 Å². The van der Waals surface area contributed by atoms with Crippen molar-refractivity contribution in [3.05, 3.63) is 36.0 Å². The number of nitrogens with zero attached hydrogens (tertiary/aromatic N) is 1. The van der Waals surface area contributed by atoms with Gasteiger partial charge in [0.15, 0.2) is 0 Å². The van der Waals surface area contributed by atoms with Crippen LogP contribution in [-0.4, -0.2) is 36.3 Å². The Hall–Kier alpha value is -1.88. The van der Waals surface area contributed by atoms with Gasteiger partial charge in [0.1, 0.15) is 0 Å². The number of nitrogens with two attached hydrogens (primary N) is 2. The van der Waals surface area contributed by atoms with Gasteiger partial charge in [-0.1, -0.05) is 18.2 Å². The van der Waals surface area contributed by atoms with Gasteiger partial charge in [-0.3, -0.25) is 9.59 Å². The monoisotopic (exact) mass is 303 g/mol. The Morgan fingerprint density at radius 3 is 2.77 bits per heavy atom. The van der Waals surface area contributed by atoms with Crippen molar-refractivity contribution in [3.8, 4) is 0 Å². The molecule has 1 saturated carbocycles. The molecular weight excluding hydrogens is 278 g/mol. The lowest BCUT2D eigenvalue weighted by Gasteiger charge is -2.30. The first-order valence-electron chi connectivity index (χ1n) is 7.78. The third-order valence-electron chi connectivity index (χ3n) is 4.53. The molecule has 22 heavy (non-hydrogen) atoms. The molecule has 2 atom stereocenters. The van der Waals surface area contributed by atoms with Crippen LogP contribution in [0.4, 0.5) is 0 Å². The zero-order chi connectivity index (χ0) is 16.2. The Bertz CT molecular complexity index is 536. The zero-order valence-electron chi connectivity index (χ0n) is 13.1. The molecule has 0 spiro atoms. The first-order valence-corrected chi connectivity index (χ1v) is 7.78. The Balaban J connectivity index is 1.98. The van der Waals surface area contributed by atoms with Crippen LogP contribution in [0.2, 0.25) is 0 Å². The Labute approximate surface area is 131 Å². The normalized spacial score (nSPS) is 27.9. The van der Waals surface area contributed by atoms with Crippen molar-refractivity contribution in [2.75, 3.05) is 13.6 Å². The molecule has 1 unspecified atom stereocenters. The van der Waals surface area contributed by atoms with E-state index in [2.05, 4.69) is 12.2 Å². The van der Waals surface area contributed by atoms with E-state index < -0.39 is 5.41 Å². The smallest absolute Gasteiger partial charge is 0.246 e. The van der Waals surface area contributed by atoms with Crippen molar-refractivity contribution in [1.29, 1.82) is 0 Å². The molecule has 0 heterocycles. The minimum absolute atomic E-state index is 0.0101. The Morgan fingerprint density at radius 2 is 2.23 bits per heavy atom. The average Bonchev–Trinajstić information content (AvgIpc) is 2.88. The summed E-state index contributed by atoms with van der Waals surface area (Å²) in [6.45, 7) is 0.327. The number of carbonyl (C=O) groups is 2. The summed E-state index contributed by atoms with van der Waals surface area (Å²) in [5, 5.41) is 0. The van der Waals surface area contributed by atoms with Gasteiger partial charge in [0.05, 0.1) is 5.41 Å². The van der Waals surface area contributed by atoms with Gasteiger partial charge in [0.2, 0.25) is 11.8 Å². The summed E-state index contributed by atoms with van der Waals surface area (Å²) >= 11 is 0. The Kier molecular flexibility index (Phi) is 5.19. The molecule has 2 aliphatic rings. The maximum atomic E-state index is 12.2. The van der Waals surface area contributed by atoms with Crippen LogP contribution < -0.4 is 11.5 Å². The summed E-state index contributed by atoms with van der Waals surface area (Å²) in [5.41, 5.74) is 11.8. The van der Waals surface area contributed by atoms with Crippen LogP contribution in [0.25, 0.3) is 0 Å². The number of allylic oxidation sites excluding steroid dienone is 5. The molecule has 4 N–H and O–H groups in total. The lowest BCUT2D eigenvalue weighted by Crippen LogP contribution is -2.46. The molecule has 0 aromatic carbocycles. The van der Waals surface area contributed by atoms with Crippen LogP contribution in [0.1, 0.15) is 32.1 Å². The predicted octanol–water partition coefficient (Wildman–Crippen LogP) is 1.26. The number of amides is 2. The van der Waals surface area contributed by atoms with E-state index in [1.165, 1.54) is 0 Å². The molecule has 0 radical (unpaired) electrons. The van der Waals surface area contributed by atoms with Crippen LogP contribution in [-0.2, 0) is 9.59 Å². The van der Waals surface area contributed by atoms with Crippen molar-refractivity contribution < 1.29 is 9.59 Å². The SMILES string of the molecule is CN(C[C@]1(C(N)=O)CCC(N)C1)C(=O)/C=C/C1=CCCC=C1. The van der Waals surface area contributed by atoms with E-state index in [9.17, 15) is 9.59 Å². The quantitative estimate of drug-likeness (QED) is 0.749. The number of carbonyl (C=O) groups excluding carboxylic acids is 2. The number of likely N-dealkylation sites (N-methyl/N-ethyl adjacent to an activating group) is 1. The number of primary amides is 1. The first kappa shape index (κ1) is 16.5. The van der Waals surface area contributed by atoms with E-state index in [0.29, 0.717) is 19.4 Å². The van der Waals surface area contributed by atoms with Crippen molar-refractivity contribution in [1.82, 2.24) is 4.90 Å². The van der Waals surface area contributed by atoms with E-state index in [0.717, 1.165) is 24.8 Å². The molecule has 0 saturated heterocycles. The summed E-state index contributed by atoms with van der Waals surface area (Å²) in [7, 11) is 1.70. The highest BCUT2D eigenvalue weighted by Crippen LogP contribution is 2.37. The molecule has 5 heteroatoms. The Morgan fingerprint density at radius 1 is 1.45 bits per heavy atom. The average molecular weight is 303 g/mol. The fourth-order valence-corrected chi connectivity index (χ4v) is 3.20. The molecule has 0 aromatic rings. The summed E-state index contributed by atoms with van der Waals surface area (Å²) in [6, 6.07) is -0.0101. The van der Waals surface area contributed by atoms with Gasteiger partial charge in [-0.2, -0.15) is 0 Å². The molecule has 1 fully saturated rings. The highest BCUT2D eigenvalue weighted by atomic mass is 16.2. The van der Waals surface area contributed by atoms with Crippen LogP contribution in [0.5, 0.6) is 0 Å². The fraction of sp³-hybridized carbons (Fsp3) is 0.529. The standard InChI is InChI=1S/C17H25N3O2/c1-20(12-17(16(19)22)10-9-14(18)11-17)15(21)8-7-13-5-3-2-4-6-13/h3,5-8,14H,2,4,9-12,18H2,1H3,(H2,19,22)/b8-7+/t14?,17-/m0/s1. The van der Waals surface area contributed by atoms with Gasteiger partial charge in [-0.05, 0) is 43.8 Å². The van der Waals surface area contributed by atoms with Gasteiger partial charge in [0, 0.05) is 25.7 Å². The van der Waals surface area contributed by atoms with E-state index >= 15 is 0 Å². The minimum atomic E-state index is -0.679. The lowest BCUT2D eigenvalue weighted by molar-refractivity contribution is -0.132. The van der Waals surface area contributed by atoms with Gasteiger partial charge in [-0.15, -0.1) is 0 Å². The molecule has 0 aromatic heterocycles. The molecular formula is C17H25N3O2. The third-order valence-corrected chi connectivity index (χ3v) is 4.53. The number of hydrogen-bond donors (Lipinski definition) is 2. The van der Waals surface area contributed by atoms with Crippen molar-refractivity contribution in [2.24, 2.45) is 16.9 Å². The number of rotatable bonds is 5. The maximum absolute atomic E-state index is 12.2. The third kappa shape index (κ3) is 3.85. The van der Waals surface area contributed by atoms with Gasteiger partial charge < -0.3 is 16.4 Å². The number of hydrogen-bond acceptors (Lipinski definition) is 3. The summed E-state index contributed by atoms with van der Waals surface area (Å²) < 4.78 is 0. The summed E-state index contributed by atoms with van der Waals surface area (Å²) in [4.78, 5) is 25.6. The minimum Gasteiger partial charge on any atom is -0.369 e. The van der Waals surface area contributed by atoms with E-state index in [1.807, 2.05) is 12.2 Å². The molecule has 2 amide bonds. The highest BCUT2D eigenvalue weighted by Gasteiger charge is 2.44. The highest BCUT2D eigenvalue weighted by molar-refractivity contribution is 5.89. The predicted molar refractivity (Wildman–Crippen MR) is 86.7 cm³/mol. The zero-order valence-corrected chi connectivity index (χ0v) is 13.1. The van der Waals surface area contributed by atoms with Gasteiger partial charge in [0.25, 0.3) is 0 Å². The second-order valence-corrected chi connectivity index (χ2v) is 6.36. The van der Waals surface area contributed by atoms with Gasteiger partial charge >= 0.3 is 0 Å². The van der Waals surface area contributed by atoms with Crippen LogP contribution in [0.15, 0.2) is 36.0 Å². The van der Waals surface area contributed by atoms with E-state index in [-0.39, 0.29) is 17.9 Å². The van der Waals surface area contributed by atoms with E-state index in [1.54, 1.807) is 18.0 Å². The van der Waals surface area contributed by atoms with E-state index in [4.69, 9.17) is 11.5 Å². The van der Waals surface area contributed by atoms with Crippen molar-refractivity contribution >= 4 is 11.8 Å². The second kappa shape index (κ2) is 6.92. The van der Waals surface area contributed by atoms with Crippen LogP contribution >= 0.6 is 0 Å². The first-order chi connectivity index (χ1) is 10.4. The summed E-state index contributed by atoms with van der Waals surface area (Å²) in [6.07, 6.45) is 13.6. The molecule has 2 aliphatic carbocycles. The van der Waals surface area contributed by atoms with Gasteiger partial charge in [-0.25, -0.2) is 0 Å². The molecule has 0 aliphatic heterocycles. The molecule has 120 valence electrons.